The fourth-order valence-corrected chi connectivity index (χ4v) is 2.02. The number of carbonyl (C=O) groups is 1. The fraction of sp³-hybridized carbons (Fsp3) is 0.267. The first kappa shape index (κ1) is 15.3. The Morgan fingerprint density at radius 1 is 1.43 bits per heavy atom. The Kier molecular flexibility index (Phi) is 5.11. The Bertz CT molecular complexity index is 618. The smallest absolute Gasteiger partial charge is 0.259 e. The van der Waals surface area contributed by atoms with Crippen LogP contribution in [0.4, 0.5) is 11.5 Å². The van der Waals surface area contributed by atoms with E-state index >= 15 is 0 Å². The van der Waals surface area contributed by atoms with Gasteiger partial charge >= 0.3 is 0 Å². The molecule has 0 aromatic carbocycles. The van der Waals surface area contributed by atoms with E-state index in [0.29, 0.717) is 22.1 Å². The van der Waals surface area contributed by atoms with Crippen LogP contribution in [0.15, 0.2) is 36.8 Å². The number of anilines is 2. The van der Waals surface area contributed by atoms with Crippen LogP contribution in [0.5, 0.6) is 0 Å². The Morgan fingerprint density at radius 3 is 2.86 bits per heavy atom. The lowest BCUT2D eigenvalue weighted by Gasteiger charge is -2.17. The SMILES string of the molecule is CCCNc1ncc(C(=O)N(C)c2cccnc2)cc1Cl. The number of nitrogens with zero attached hydrogens (tertiary/aromatic N) is 3. The van der Waals surface area contributed by atoms with Crippen LogP contribution in [0.3, 0.4) is 0 Å². The van der Waals surface area contributed by atoms with Crippen molar-refractivity contribution in [2.24, 2.45) is 0 Å². The molecule has 2 aromatic heterocycles. The lowest BCUT2D eigenvalue weighted by molar-refractivity contribution is 0.0992. The van der Waals surface area contributed by atoms with Crippen LogP contribution in [-0.4, -0.2) is 29.5 Å². The maximum atomic E-state index is 12.4. The van der Waals surface area contributed by atoms with Gasteiger partial charge in [0, 0.05) is 26.0 Å². The van der Waals surface area contributed by atoms with Gasteiger partial charge in [0.15, 0.2) is 0 Å². The molecule has 0 aliphatic heterocycles. The Balaban J connectivity index is 2.18. The van der Waals surface area contributed by atoms with Gasteiger partial charge in [-0.3, -0.25) is 9.78 Å². The summed E-state index contributed by atoms with van der Waals surface area (Å²) in [6, 6.07) is 5.22. The Hall–Kier alpha value is -2.14. The van der Waals surface area contributed by atoms with E-state index in [0.717, 1.165) is 13.0 Å². The summed E-state index contributed by atoms with van der Waals surface area (Å²) >= 11 is 6.15. The summed E-state index contributed by atoms with van der Waals surface area (Å²) in [6.07, 6.45) is 5.79. The highest BCUT2D eigenvalue weighted by molar-refractivity contribution is 6.33. The molecule has 5 nitrogen and oxygen atoms in total. The second-order valence-electron chi connectivity index (χ2n) is 4.56. The lowest BCUT2D eigenvalue weighted by atomic mass is 10.2. The summed E-state index contributed by atoms with van der Waals surface area (Å²) in [6.45, 7) is 2.84. The second-order valence-corrected chi connectivity index (χ2v) is 4.96. The third-order valence-corrected chi connectivity index (χ3v) is 3.26. The van der Waals surface area contributed by atoms with Gasteiger partial charge in [0.1, 0.15) is 5.82 Å². The molecule has 0 fully saturated rings. The van der Waals surface area contributed by atoms with Crippen molar-refractivity contribution in [2.45, 2.75) is 13.3 Å². The van der Waals surface area contributed by atoms with Gasteiger partial charge in [-0.05, 0) is 24.6 Å². The number of hydrogen-bond acceptors (Lipinski definition) is 4. The van der Waals surface area contributed by atoms with Gasteiger partial charge in [-0.15, -0.1) is 0 Å². The molecule has 2 heterocycles. The summed E-state index contributed by atoms with van der Waals surface area (Å²) in [5.74, 6) is 0.415. The molecule has 21 heavy (non-hydrogen) atoms. The molecule has 0 saturated heterocycles. The van der Waals surface area contributed by atoms with Crippen molar-refractivity contribution in [2.75, 3.05) is 23.8 Å². The van der Waals surface area contributed by atoms with Crippen LogP contribution in [0, 0.1) is 0 Å². The van der Waals surface area contributed by atoms with Gasteiger partial charge in [-0.25, -0.2) is 4.98 Å². The molecule has 2 aromatic rings. The molecule has 0 radical (unpaired) electrons. The van der Waals surface area contributed by atoms with E-state index in [1.54, 1.807) is 31.6 Å². The Labute approximate surface area is 129 Å². The highest BCUT2D eigenvalue weighted by Gasteiger charge is 2.15. The second kappa shape index (κ2) is 7.04. The number of aromatic nitrogens is 2. The number of halogens is 1. The molecule has 0 saturated carbocycles. The quantitative estimate of drug-likeness (QED) is 0.921. The summed E-state index contributed by atoms with van der Waals surface area (Å²) < 4.78 is 0. The van der Waals surface area contributed by atoms with Crippen LogP contribution in [-0.2, 0) is 0 Å². The van der Waals surface area contributed by atoms with Crippen LogP contribution >= 0.6 is 11.6 Å². The predicted octanol–water partition coefficient (Wildman–Crippen LogP) is 3.23. The van der Waals surface area contributed by atoms with Crippen molar-refractivity contribution in [1.82, 2.24) is 9.97 Å². The molecule has 0 atom stereocenters. The summed E-state index contributed by atoms with van der Waals surface area (Å²) in [5.41, 5.74) is 1.15. The van der Waals surface area contributed by atoms with Gasteiger partial charge in [0.05, 0.1) is 22.5 Å². The number of amides is 1. The zero-order chi connectivity index (χ0) is 15.2. The topological polar surface area (TPSA) is 58.1 Å². The average molecular weight is 305 g/mol. The summed E-state index contributed by atoms with van der Waals surface area (Å²) in [4.78, 5) is 22.1. The molecule has 0 bridgehead atoms. The minimum Gasteiger partial charge on any atom is -0.369 e. The highest BCUT2D eigenvalue weighted by Crippen LogP contribution is 2.22. The van der Waals surface area contributed by atoms with E-state index in [4.69, 9.17) is 11.6 Å². The van der Waals surface area contributed by atoms with Gasteiger partial charge in [-0.2, -0.15) is 0 Å². The van der Waals surface area contributed by atoms with Gasteiger partial charge < -0.3 is 10.2 Å². The van der Waals surface area contributed by atoms with Crippen molar-refractivity contribution in [3.05, 3.63) is 47.4 Å². The van der Waals surface area contributed by atoms with Crippen molar-refractivity contribution in [3.8, 4) is 0 Å². The molecular formula is C15H17ClN4O. The minimum atomic E-state index is -0.181. The number of pyridine rings is 2. The third kappa shape index (κ3) is 3.70. The van der Waals surface area contributed by atoms with Crippen LogP contribution in [0.2, 0.25) is 5.02 Å². The van der Waals surface area contributed by atoms with Gasteiger partial charge in [-0.1, -0.05) is 18.5 Å². The molecule has 1 amide bonds. The first-order valence-corrected chi connectivity index (χ1v) is 7.08. The molecule has 110 valence electrons. The number of hydrogen-bond donors (Lipinski definition) is 1. The average Bonchev–Trinajstić information content (AvgIpc) is 2.53. The first-order valence-electron chi connectivity index (χ1n) is 6.71. The summed E-state index contributed by atoms with van der Waals surface area (Å²) in [5, 5.41) is 3.55. The zero-order valence-electron chi connectivity index (χ0n) is 12.0. The lowest BCUT2D eigenvalue weighted by Crippen LogP contribution is -2.26. The van der Waals surface area contributed by atoms with E-state index < -0.39 is 0 Å². The largest absolute Gasteiger partial charge is 0.369 e. The number of nitrogens with one attached hydrogen (secondary N) is 1. The zero-order valence-corrected chi connectivity index (χ0v) is 12.8. The van der Waals surface area contributed by atoms with Gasteiger partial charge in [0.25, 0.3) is 5.91 Å². The van der Waals surface area contributed by atoms with E-state index in [1.165, 1.54) is 11.1 Å². The van der Waals surface area contributed by atoms with Crippen molar-refractivity contribution >= 4 is 29.0 Å². The maximum Gasteiger partial charge on any atom is 0.259 e. The van der Waals surface area contributed by atoms with Gasteiger partial charge in [0.2, 0.25) is 0 Å². The Morgan fingerprint density at radius 2 is 2.24 bits per heavy atom. The molecule has 0 aliphatic rings. The van der Waals surface area contributed by atoms with Crippen molar-refractivity contribution < 1.29 is 4.79 Å². The maximum absolute atomic E-state index is 12.4. The fourth-order valence-electron chi connectivity index (χ4n) is 1.79. The molecule has 2 rings (SSSR count). The van der Waals surface area contributed by atoms with E-state index in [9.17, 15) is 4.79 Å². The molecular weight excluding hydrogens is 288 g/mol. The first-order chi connectivity index (χ1) is 10.1. The third-order valence-electron chi connectivity index (χ3n) is 2.97. The van der Waals surface area contributed by atoms with Crippen LogP contribution in [0.25, 0.3) is 0 Å². The molecule has 0 unspecified atom stereocenters. The minimum absolute atomic E-state index is 0.181. The van der Waals surface area contributed by atoms with E-state index in [1.807, 2.05) is 6.07 Å². The molecule has 6 heteroatoms. The standard InChI is InChI=1S/C15H17ClN4O/c1-3-6-18-14-13(16)8-11(9-19-14)15(21)20(2)12-5-4-7-17-10-12/h4-5,7-10H,3,6H2,1-2H3,(H,18,19). The summed E-state index contributed by atoms with van der Waals surface area (Å²) in [7, 11) is 1.69. The van der Waals surface area contributed by atoms with Crippen LogP contribution in [0.1, 0.15) is 23.7 Å². The molecule has 0 spiro atoms. The normalized spacial score (nSPS) is 10.2. The predicted molar refractivity (Wildman–Crippen MR) is 85.0 cm³/mol. The monoisotopic (exact) mass is 304 g/mol. The molecule has 1 N–H and O–H groups in total. The number of rotatable bonds is 5. The van der Waals surface area contributed by atoms with Crippen molar-refractivity contribution in [3.63, 3.8) is 0 Å². The van der Waals surface area contributed by atoms with Crippen molar-refractivity contribution in [1.29, 1.82) is 0 Å². The van der Waals surface area contributed by atoms with E-state index in [-0.39, 0.29) is 5.91 Å². The highest BCUT2D eigenvalue weighted by atomic mass is 35.5. The van der Waals surface area contributed by atoms with Crippen LogP contribution < -0.4 is 10.2 Å². The number of carbonyl (C=O) groups excluding carboxylic acids is 1. The molecule has 0 aliphatic carbocycles. The van der Waals surface area contributed by atoms with E-state index in [2.05, 4.69) is 22.2 Å².